The van der Waals surface area contributed by atoms with Crippen molar-refractivity contribution in [3.63, 3.8) is 0 Å². The van der Waals surface area contributed by atoms with Crippen LogP contribution >= 0.6 is 0 Å². The molecule has 2 heterocycles. The summed E-state index contributed by atoms with van der Waals surface area (Å²) in [6.45, 7) is 3.62. The van der Waals surface area contributed by atoms with Crippen molar-refractivity contribution in [3.8, 4) is 0 Å². The molecule has 3 fully saturated rings. The number of nitrogens with zero attached hydrogens (tertiary/aromatic N) is 1. The Bertz CT molecular complexity index is 786. The standard InChI is InChI=1S/C20H29N3O3S/c24-19(23-12-9-20(10-13-23)8-11-21-15-20)16-4-3-7-18(14-16)27(25,26)22-17-5-1-2-6-17/h3-4,7,14,17,21-22H,1-2,5-6,8-13,15H2. The Kier molecular flexibility index (Phi) is 5.27. The van der Waals surface area contributed by atoms with E-state index in [0.29, 0.717) is 11.0 Å². The van der Waals surface area contributed by atoms with Crippen LogP contribution in [0.1, 0.15) is 55.3 Å². The molecule has 0 aromatic heterocycles. The van der Waals surface area contributed by atoms with E-state index in [4.69, 9.17) is 0 Å². The van der Waals surface area contributed by atoms with Gasteiger partial charge in [-0.3, -0.25) is 4.79 Å². The van der Waals surface area contributed by atoms with Crippen molar-refractivity contribution >= 4 is 15.9 Å². The molecule has 1 aliphatic carbocycles. The summed E-state index contributed by atoms with van der Waals surface area (Å²) in [5.41, 5.74) is 0.817. The Hall–Kier alpha value is -1.44. The second-order valence-corrected chi connectivity index (χ2v) is 10.1. The van der Waals surface area contributed by atoms with Gasteiger partial charge in [0.1, 0.15) is 0 Å². The fourth-order valence-corrected chi connectivity index (χ4v) is 6.07. The van der Waals surface area contributed by atoms with E-state index in [0.717, 1.165) is 64.7 Å². The molecule has 2 N–H and O–H groups in total. The number of sulfonamides is 1. The third-order valence-electron chi connectivity index (χ3n) is 6.51. The highest BCUT2D eigenvalue weighted by molar-refractivity contribution is 7.89. The number of rotatable bonds is 4. The molecule has 7 heteroatoms. The van der Waals surface area contributed by atoms with E-state index in [2.05, 4.69) is 10.0 Å². The van der Waals surface area contributed by atoms with E-state index >= 15 is 0 Å². The topological polar surface area (TPSA) is 78.5 Å². The summed E-state index contributed by atoms with van der Waals surface area (Å²) in [5, 5.41) is 3.43. The van der Waals surface area contributed by atoms with Crippen LogP contribution in [0, 0.1) is 5.41 Å². The third-order valence-corrected chi connectivity index (χ3v) is 8.03. The number of carbonyl (C=O) groups excluding carboxylic acids is 1. The van der Waals surface area contributed by atoms with Gasteiger partial charge in [0.2, 0.25) is 10.0 Å². The molecule has 1 saturated carbocycles. The molecule has 148 valence electrons. The Morgan fingerprint density at radius 2 is 1.89 bits per heavy atom. The zero-order valence-electron chi connectivity index (χ0n) is 15.7. The fourth-order valence-electron chi connectivity index (χ4n) is 4.72. The summed E-state index contributed by atoms with van der Waals surface area (Å²) in [4.78, 5) is 15.0. The number of benzene rings is 1. The Balaban J connectivity index is 1.44. The van der Waals surface area contributed by atoms with Crippen LogP contribution in [-0.2, 0) is 10.0 Å². The minimum atomic E-state index is -3.58. The second kappa shape index (κ2) is 7.53. The molecule has 0 atom stereocenters. The summed E-state index contributed by atoms with van der Waals surface area (Å²) in [6.07, 6.45) is 7.15. The van der Waals surface area contributed by atoms with Crippen LogP contribution in [-0.4, -0.2) is 51.4 Å². The number of nitrogens with one attached hydrogen (secondary N) is 2. The van der Waals surface area contributed by atoms with Gasteiger partial charge in [-0.05, 0) is 62.3 Å². The maximum absolute atomic E-state index is 12.9. The predicted octanol–water partition coefficient (Wildman–Crippen LogP) is 2.12. The van der Waals surface area contributed by atoms with Crippen molar-refractivity contribution in [2.45, 2.75) is 55.9 Å². The van der Waals surface area contributed by atoms with Gasteiger partial charge in [-0.1, -0.05) is 18.9 Å². The van der Waals surface area contributed by atoms with Gasteiger partial charge >= 0.3 is 0 Å². The number of likely N-dealkylation sites (tertiary alicyclic amines) is 1. The lowest BCUT2D eigenvalue weighted by Crippen LogP contribution is -2.44. The fraction of sp³-hybridized carbons (Fsp3) is 0.650. The van der Waals surface area contributed by atoms with Crippen molar-refractivity contribution < 1.29 is 13.2 Å². The van der Waals surface area contributed by atoms with Gasteiger partial charge < -0.3 is 10.2 Å². The number of piperidine rings is 1. The smallest absolute Gasteiger partial charge is 0.253 e. The molecular formula is C20H29N3O3S. The van der Waals surface area contributed by atoms with Gasteiger partial charge in [0, 0.05) is 31.2 Å². The van der Waals surface area contributed by atoms with Crippen molar-refractivity contribution in [1.82, 2.24) is 14.9 Å². The normalized spacial score (nSPS) is 23.2. The zero-order chi connectivity index (χ0) is 18.9. The second-order valence-electron chi connectivity index (χ2n) is 8.35. The molecule has 3 aliphatic rings. The Labute approximate surface area is 161 Å². The predicted molar refractivity (Wildman–Crippen MR) is 104 cm³/mol. The monoisotopic (exact) mass is 391 g/mol. The lowest BCUT2D eigenvalue weighted by Gasteiger charge is -2.39. The van der Waals surface area contributed by atoms with Crippen LogP contribution in [0.3, 0.4) is 0 Å². The van der Waals surface area contributed by atoms with E-state index in [-0.39, 0.29) is 16.8 Å². The maximum atomic E-state index is 12.9. The lowest BCUT2D eigenvalue weighted by molar-refractivity contribution is 0.0607. The van der Waals surface area contributed by atoms with E-state index < -0.39 is 10.0 Å². The van der Waals surface area contributed by atoms with Crippen molar-refractivity contribution in [2.75, 3.05) is 26.2 Å². The maximum Gasteiger partial charge on any atom is 0.253 e. The van der Waals surface area contributed by atoms with Crippen LogP contribution < -0.4 is 10.0 Å². The molecule has 1 aromatic carbocycles. The average molecular weight is 392 g/mol. The molecule has 6 nitrogen and oxygen atoms in total. The van der Waals surface area contributed by atoms with Gasteiger partial charge in [0.05, 0.1) is 4.90 Å². The van der Waals surface area contributed by atoms with Gasteiger partial charge in [-0.15, -0.1) is 0 Å². The summed E-state index contributed by atoms with van der Waals surface area (Å²) < 4.78 is 28.1. The van der Waals surface area contributed by atoms with Crippen molar-refractivity contribution in [2.24, 2.45) is 5.41 Å². The Morgan fingerprint density at radius 1 is 1.15 bits per heavy atom. The first-order valence-electron chi connectivity index (χ1n) is 10.1. The van der Waals surface area contributed by atoms with Crippen LogP contribution in [0.25, 0.3) is 0 Å². The number of hydrogen-bond acceptors (Lipinski definition) is 4. The molecule has 0 radical (unpaired) electrons. The van der Waals surface area contributed by atoms with Crippen molar-refractivity contribution in [3.05, 3.63) is 29.8 Å². The molecule has 1 aromatic rings. The van der Waals surface area contributed by atoms with Gasteiger partial charge in [-0.25, -0.2) is 13.1 Å². The highest BCUT2D eigenvalue weighted by Crippen LogP contribution is 2.37. The van der Waals surface area contributed by atoms with Gasteiger partial charge in [0.15, 0.2) is 0 Å². The Morgan fingerprint density at radius 3 is 2.56 bits per heavy atom. The minimum Gasteiger partial charge on any atom is -0.339 e. The first-order valence-corrected chi connectivity index (χ1v) is 11.6. The lowest BCUT2D eigenvalue weighted by atomic mass is 9.78. The quantitative estimate of drug-likeness (QED) is 0.824. The zero-order valence-corrected chi connectivity index (χ0v) is 16.6. The van der Waals surface area contributed by atoms with E-state index in [1.165, 1.54) is 12.5 Å². The molecule has 1 spiro atoms. The first-order chi connectivity index (χ1) is 13.0. The number of carbonyl (C=O) groups is 1. The SMILES string of the molecule is O=C(c1cccc(S(=O)(=O)NC2CCCC2)c1)N1CCC2(CCNC2)CC1. The van der Waals surface area contributed by atoms with Crippen LogP contribution in [0.4, 0.5) is 0 Å². The minimum absolute atomic E-state index is 0.0210. The highest BCUT2D eigenvalue weighted by Gasteiger charge is 2.38. The molecule has 4 rings (SSSR count). The summed E-state index contributed by atoms with van der Waals surface area (Å²) >= 11 is 0. The first kappa shape index (κ1) is 18.9. The third kappa shape index (κ3) is 4.05. The average Bonchev–Trinajstić information content (AvgIpc) is 3.34. The van der Waals surface area contributed by atoms with E-state index in [1.54, 1.807) is 18.2 Å². The van der Waals surface area contributed by atoms with Crippen LogP contribution in [0.5, 0.6) is 0 Å². The van der Waals surface area contributed by atoms with Crippen LogP contribution in [0.15, 0.2) is 29.2 Å². The molecule has 1 amide bonds. The summed E-state index contributed by atoms with van der Waals surface area (Å²) in [5.74, 6) is -0.0614. The molecule has 2 aliphatic heterocycles. The van der Waals surface area contributed by atoms with Crippen LogP contribution in [0.2, 0.25) is 0 Å². The largest absolute Gasteiger partial charge is 0.339 e. The summed E-state index contributed by atoms with van der Waals surface area (Å²) in [7, 11) is -3.58. The molecule has 27 heavy (non-hydrogen) atoms. The molecular weight excluding hydrogens is 362 g/mol. The van der Waals surface area contributed by atoms with Gasteiger partial charge in [-0.2, -0.15) is 0 Å². The van der Waals surface area contributed by atoms with E-state index in [9.17, 15) is 13.2 Å². The summed E-state index contributed by atoms with van der Waals surface area (Å²) in [6, 6.07) is 6.51. The highest BCUT2D eigenvalue weighted by atomic mass is 32.2. The van der Waals surface area contributed by atoms with E-state index in [1.807, 2.05) is 4.90 Å². The number of hydrogen-bond donors (Lipinski definition) is 2. The number of amides is 1. The van der Waals surface area contributed by atoms with Crippen molar-refractivity contribution in [1.29, 1.82) is 0 Å². The van der Waals surface area contributed by atoms with Gasteiger partial charge in [0.25, 0.3) is 5.91 Å². The molecule has 0 unspecified atom stereocenters. The molecule has 0 bridgehead atoms. The molecule has 2 saturated heterocycles.